The maximum absolute atomic E-state index is 9.77. The summed E-state index contributed by atoms with van der Waals surface area (Å²) >= 11 is 0. The summed E-state index contributed by atoms with van der Waals surface area (Å²) < 4.78 is 0. The van der Waals surface area contributed by atoms with Crippen LogP contribution >= 0.6 is 0 Å². The number of carbonyl (C=O) groups is 1. The molecular formula is C10H12O. The molecule has 0 aliphatic rings. The fraction of sp³-hybridized carbons (Fsp3) is 0.300. The van der Waals surface area contributed by atoms with E-state index in [0.717, 1.165) is 12.8 Å². The monoisotopic (exact) mass is 148 g/mol. The van der Waals surface area contributed by atoms with Crippen LogP contribution in [0.3, 0.4) is 0 Å². The van der Waals surface area contributed by atoms with Gasteiger partial charge < -0.3 is 0 Å². The number of allylic oxidation sites excluding steroid dienone is 4. The Labute approximate surface area is 67.8 Å². The third-order valence-corrected chi connectivity index (χ3v) is 0.998. The molecule has 0 saturated heterocycles. The van der Waals surface area contributed by atoms with Crippen LogP contribution in [0.5, 0.6) is 0 Å². The fourth-order valence-electron chi connectivity index (χ4n) is 0.493. The van der Waals surface area contributed by atoms with E-state index in [1.54, 1.807) is 6.08 Å². The lowest BCUT2D eigenvalue weighted by molar-refractivity contribution is -0.104. The van der Waals surface area contributed by atoms with Crippen molar-refractivity contribution in [1.82, 2.24) is 0 Å². The number of hydrogen-bond acceptors (Lipinski definition) is 1. The van der Waals surface area contributed by atoms with Crippen molar-refractivity contribution >= 4 is 6.29 Å². The molecule has 0 spiro atoms. The van der Waals surface area contributed by atoms with E-state index in [0.29, 0.717) is 6.29 Å². The Bertz CT molecular complexity index is 201. The standard InChI is InChI=1S/C10H12O/c1-2-3-4-5-6-7-8-9-10-11/h4-5,8-10H,2-3H2,1H3/b5-4+,9-8+. The van der Waals surface area contributed by atoms with E-state index in [1.807, 2.05) is 6.08 Å². The maximum Gasteiger partial charge on any atom is 0.143 e. The zero-order valence-electron chi connectivity index (χ0n) is 6.71. The Balaban J connectivity index is 3.54. The lowest BCUT2D eigenvalue weighted by Crippen LogP contribution is -1.59. The molecule has 0 aliphatic heterocycles. The van der Waals surface area contributed by atoms with Gasteiger partial charge in [0.05, 0.1) is 0 Å². The molecule has 0 amide bonds. The topological polar surface area (TPSA) is 17.1 Å². The van der Waals surface area contributed by atoms with Gasteiger partial charge >= 0.3 is 0 Å². The van der Waals surface area contributed by atoms with E-state index in [1.165, 1.54) is 12.2 Å². The van der Waals surface area contributed by atoms with Gasteiger partial charge in [-0.25, -0.2) is 0 Å². The molecule has 0 aromatic carbocycles. The van der Waals surface area contributed by atoms with E-state index in [-0.39, 0.29) is 0 Å². The van der Waals surface area contributed by atoms with Crippen LogP contribution in [0.15, 0.2) is 24.3 Å². The second kappa shape index (κ2) is 8.71. The zero-order valence-corrected chi connectivity index (χ0v) is 6.71. The van der Waals surface area contributed by atoms with Crippen molar-refractivity contribution in [3.8, 4) is 11.8 Å². The van der Waals surface area contributed by atoms with Crippen LogP contribution in [0.1, 0.15) is 19.8 Å². The second-order valence-electron chi connectivity index (χ2n) is 1.97. The van der Waals surface area contributed by atoms with Gasteiger partial charge in [0, 0.05) is 0 Å². The molecule has 0 radical (unpaired) electrons. The van der Waals surface area contributed by atoms with Crippen LogP contribution in [0.2, 0.25) is 0 Å². The summed E-state index contributed by atoms with van der Waals surface area (Å²) in [6.45, 7) is 2.12. The molecule has 0 aromatic rings. The summed E-state index contributed by atoms with van der Waals surface area (Å²) in [7, 11) is 0. The van der Waals surface area contributed by atoms with Crippen LogP contribution < -0.4 is 0 Å². The Morgan fingerprint density at radius 3 is 2.64 bits per heavy atom. The van der Waals surface area contributed by atoms with Gasteiger partial charge in [0.25, 0.3) is 0 Å². The first-order chi connectivity index (χ1) is 5.41. The molecule has 0 aromatic heterocycles. The minimum absolute atomic E-state index is 0.713. The first-order valence-electron chi connectivity index (χ1n) is 3.68. The summed E-state index contributed by atoms with van der Waals surface area (Å²) in [5, 5.41) is 0. The molecule has 0 unspecified atom stereocenters. The number of rotatable bonds is 3. The van der Waals surface area contributed by atoms with Crippen molar-refractivity contribution in [1.29, 1.82) is 0 Å². The molecule has 0 heterocycles. The van der Waals surface area contributed by atoms with Crippen LogP contribution in [-0.2, 0) is 4.79 Å². The maximum atomic E-state index is 9.77. The average molecular weight is 148 g/mol. The normalized spacial score (nSPS) is 9.91. The third-order valence-electron chi connectivity index (χ3n) is 0.998. The predicted molar refractivity (Wildman–Crippen MR) is 47.0 cm³/mol. The van der Waals surface area contributed by atoms with Gasteiger partial charge in [-0.2, -0.15) is 0 Å². The van der Waals surface area contributed by atoms with Gasteiger partial charge in [0.2, 0.25) is 0 Å². The molecule has 1 nitrogen and oxygen atoms in total. The largest absolute Gasteiger partial charge is 0.299 e. The highest BCUT2D eigenvalue weighted by atomic mass is 16.1. The van der Waals surface area contributed by atoms with Crippen molar-refractivity contribution in [3.63, 3.8) is 0 Å². The molecule has 0 fully saturated rings. The first kappa shape index (κ1) is 9.71. The molecule has 0 aliphatic carbocycles. The van der Waals surface area contributed by atoms with Crippen molar-refractivity contribution in [3.05, 3.63) is 24.3 Å². The predicted octanol–water partition coefficient (Wildman–Crippen LogP) is 2.10. The Kier molecular flexibility index (Phi) is 7.69. The summed E-state index contributed by atoms with van der Waals surface area (Å²) in [5.74, 6) is 5.48. The molecule has 11 heavy (non-hydrogen) atoms. The highest BCUT2D eigenvalue weighted by molar-refractivity contribution is 5.65. The highest BCUT2D eigenvalue weighted by Gasteiger charge is 1.67. The Hall–Kier alpha value is -1.29. The van der Waals surface area contributed by atoms with E-state index < -0.39 is 0 Å². The molecule has 0 rings (SSSR count). The van der Waals surface area contributed by atoms with E-state index >= 15 is 0 Å². The summed E-state index contributed by atoms with van der Waals surface area (Å²) in [6.07, 6.45) is 9.64. The van der Waals surface area contributed by atoms with Crippen LogP contribution in [0.25, 0.3) is 0 Å². The van der Waals surface area contributed by atoms with Gasteiger partial charge in [-0.3, -0.25) is 4.79 Å². The van der Waals surface area contributed by atoms with E-state index in [4.69, 9.17) is 0 Å². The summed E-state index contributed by atoms with van der Waals surface area (Å²) in [5.41, 5.74) is 0. The van der Waals surface area contributed by atoms with E-state index in [2.05, 4.69) is 18.8 Å². The third kappa shape index (κ3) is 8.71. The lowest BCUT2D eigenvalue weighted by atomic mass is 10.3. The van der Waals surface area contributed by atoms with Gasteiger partial charge in [-0.15, -0.1) is 0 Å². The van der Waals surface area contributed by atoms with Crippen molar-refractivity contribution in [2.45, 2.75) is 19.8 Å². The number of aldehydes is 1. The summed E-state index contributed by atoms with van der Waals surface area (Å²) in [4.78, 5) is 9.77. The minimum atomic E-state index is 0.713. The van der Waals surface area contributed by atoms with Crippen LogP contribution in [-0.4, -0.2) is 6.29 Å². The van der Waals surface area contributed by atoms with Gasteiger partial charge in [-0.1, -0.05) is 31.3 Å². The fourth-order valence-corrected chi connectivity index (χ4v) is 0.493. The molecule has 0 N–H and O–H groups in total. The number of carbonyl (C=O) groups excluding carboxylic acids is 1. The Morgan fingerprint density at radius 1 is 1.27 bits per heavy atom. The molecule has 0 bridgehead atoms. The van der Waals surface area contributed by atoms with Gasteiger partial charge in [0.1, 0.15) is 6.29 Å². The average Bonchev–Trinajstić information content (AvgIpc) is 2.03. The second-order valence-corrected chi connectivity index (χ2v) is 1.97. The molecule has 1 heteroatoms. The van der Waals surface area contributed by atoms with Crippen molar-refractivity contribution < 1.29 is 4.79 Å². The molecule has 58 valence electrons. The van der Waals surface area contributed by atoms with Crippen LogP contribution in [0.4, 0.5) is 0 Å². The van der Waals surface area contributed by atoms with Crippen LogP contribution in [0, 0.1) is 11.8 Å². The quantitative estimate of drug-likeness (QED) is 0.340. The minimum Gasteiger partial charge on any atom is -0.299 e. The van der Waals surface area contributed by atoms with E-state index in [9.17, 15) is 4.79 Å². The molecule has 0 saturated carbocycles. The van der Waals surface area contributed by atoms with Crippen molar-refractivity contribution in [2.24, 2.45) is 0 Å². The molecule has 0 atom stereocenters. The zero-order chi connectivity index (χ0) is 8.36. The molecular weight excluding hydrogens is 136 g/mol. The van der Waals surface area contributed by atoms with Gasteiger partial charge in [-0.05, 0) is 24.6 Å². The van der Waals surface area contributed by atoms with Crippen molar-refractivity contribution in [2.75, 3.05) is 0 Å². The number of unbranched alkanes of at least 4 members (excludes halogenated alkanes) is 1. The first-order valence-corrected chi connectivity index (χ1v) is 3.68. The Morgan fingerprint density at radius 2 is 2.00 bits per heavy atom. The van der Waals surface area contributed by atoms with Gasteiger partial charge in [0.15, 0.2) is 0 Å². The lowest BCUT2D eigenvalue weighted by Gasteiger charge is -1.76. The smallest absolute Gasteiger partial charge is 0.143 e. The summed E-state index contributed by atoms with van der Waals surface area (Å²) in [6, 6.07) is 0. The highest BCUT2D eigenvalue weighted by Crippen LogP contribution is 1.86. The number of hydrogen-bond donors (Lipinski definition) is 0. The SMILES string of the molecule is CCC/C=C/C#C/C=C/C=O.